The largest absolute Gasteiger partial charge is 0.495 e. The van der Waals surface area contributed by atoms with Crippen LogP contribution in [0.3, 0.4) is 0 Å². The predicted molar refractivity (Wildman–Crippen MR) is 94.9 cm³/mol. The summed E-state index contributed by atoms with van der Waals surface area (Å²) in [6.45, 7) is 13.0. The summed E-state index contributed by atoms with van der Waals surface area (Å²) in [6.07, 6.45) is 0. The maximum Gasteiger partial charge on any atom is 0.495 e. The number of rotatable bonds is 4. The number of benzene rings is 1. The lowest BCUT2D eigenvalue weighted by Crippen LogP contribution is -2.41. The van der Waals surface area contributed by atoms with Crippen molar-refractivity contribution in [3.8, 4) is 5.75 Å². The Morgan fingerprint density at radius 2 is 1.52 bits per heavy atom. The minimum absolute atomic E-state index is 0.0711. The van der Waals surface area contributed by atoms with Gasteiger partial charge in [-0.15, -0.1) is 0 Å². The lowest BCUT2D eigenvalue weighted by atomic mass is 9.71. The highest BCUT2D eigenvalue weighted by molar-refractivity contribution is 7.81. The third kappa shape index (κ3) is 3.55. The second kappa shape index (κ2) is 6.23. The second-order valence-corrected chi connectivity index (χ2v) is 8.32. The van der Waals surface area contributed by atoms with Crippen molar-refractivity contribution >= 4 is 23.1 Å². The molecule has 1 aliphatic heterocycles. The van der Waals surface area contributed by atoms with Crippen LogP contribution in [0, 0.1) is 20.8 Å². The molecule has 140 valence electrons. The van der Waals surface area contributed by atoms with Crippen molar-refractivity contribution in [2.45, 2.75) is 66.2 Å². The van der Waals surface area contributed by atoms with Gasteiger partial charge in [0, 0.05) is 6.54 Å². The molecule has 25 heavy (non-hydrogen) atoms. The van der Waals surface area contributed by atoms with Crippen molar-refractivity contribution in [1.29, 1.82) is 0 Å². The van der Waals surface area contributed by atoms with E-state index in [-0.39, 0.29) is 12.3 Å². The Bertz CT molecular complexity index is 791. The van der Waals surface area contributed by atoms with Crippen molar-refractivity contribution in [3.63, 3.8) is 0 Å². The lowest BCUT2D eigenvalue weighted by Gasteiger charge is -2.32. The molecule has 0 unspecified atom stereocenters. The maximum atomic E-state index is 13.2. The van der Waals surface area contributed by atoms with E-state index in [4.69, 9.17) is 15.0 Å². The van der Waals surface area contributed by atoms with Gasteiger partial charge >= 0.3 is 17.6 Å². The predicted octanol–water partition coefficient (Wildman–Crippen LogP) is 1.96. The third-order valence-electron chi connectivity index (χ3n) is 5.27. The Labute approximate surface area is 149 Å². The highest BCUT2D eigenvalue weighted by atomic mass is 32.3. The molecule has 6 nitrogen and oxygen atoms in total. The highest BCUT2D eigenvalue weighted by Crippen LogP contribution is 2.38. The van der Waals surface area contributed by atoms with Gasteiger partial charge in [0.15, 0.2) is 5.75 Å². The highest BCUT2D eigenvalue weighted by Gasteiger charge is 2.53. The molecule has 0 bridgehead atoms. The van der Waals surface area contributed by atoms with Gasteiger partial charge in [-0.2, -0.15) is 8.42 Å². The maximum absolute atomic E-state index is 13.2. The zero-order valence-corrected chi connectivity index (χ0v) is 16.5. The SMILES string of the molecule is Cc1c(CN)c(C)c(B2OC(C)(C)C(C)(C)O2)c(C)c1OS(=O)(=O)F. The molecule has 0 saturated carbocycles. The Balaban J connectivity index is 2.69. The van der Waals surface area contributed by atoms with E-state index in [0.29, 0.717) is 22.2 Å². The lowest BCUT2D eigenvalue weighted by molar-refractivity contribution is 0.00578. The smallest absolute Gasteiger partial charge is 0.399 e. The first-order valence-corrected chi connectivity index (χ1v) is 9.35. The number of halogens is 1. The first kappa shape index (κ1) is 20.2. The molecule has 0 aromatic heterocycles. The molecule has 9 heteroatoms. The molecular weight excluding hydrogens is 348 g/mol. The first-order chi connectivity index (χ1) is 11.2. The quantitative estimate of drug-likeness (QED) is 0.641. The molecular formula is C16H25BFNO5S. The van der Waals surface area contributed by atoms with E-state index in [2.05, 4.69) is 4.18 Å². The van der Waals surface area contributed by atoms with Crippen LogP contribution in [0.4, 0.5) is 3.89 Å². The zero-order valence-electron chi connectivity index (χ0n) is 15.7. The van der Waals surface area contributed by atoms with E-state index in [9.17, 15) is 12.3 Å². The van der Waals surface area contributed by atoms with Gasteiger partial charge in [0.25, 0.3) is 0 Å². The van der Waals surface area contributed by atoms with Crippen LogP contribution in [0.15, 0.2) is 0 Å². The van der Waals surface area contributed by atoms with Gasteiger partial charge in [-0.05, 0) is 76.2 Å². The minimum atomic E-state index is -5.17. The topological polar surface area (TPSA) is 87.8 Å². The van der Waals surface area contributed by atoms with Crippen molar-refractivity contribution < 1.29 is 25.8 Å². The van der Waals surface area contributed by atoms with Crippen LogP contribution in [-0.2, 0) is 26.4 Å². The van der Waals surface area contributed by atoms with Gasteiger partial charge in [-0.25, -0.2) is 0 Å². The molecule has 0 radical (unpaired) electrons. The summed E-state index contributed by atoms with van der Waals surface area (Å²) >= 11 is 0. The van der Waals surface area contributed by atoms with E-state index in [1.807, 2.05) is 34.6 Å². The molecule has 1 saturated heterocycles. The summed E-state index contributed by atoms with van der Waals surface area (Å²) in [5, 5.41) is 0. The van der Waals surface area contributed by atoms with Gasteiger partial charge in [0.1, 0.15) is 0 Å². The molecule has 1 aromatic carbocycles. The van der Waals surface area contributed by atoms with Crippen LogP contribution in [-0.4, -0.2) is 26.7 Å². The summed E-state index contributed by atoms with van der Waals surface area (Å²) in [6, 6.07) is 0. The Hall–Kier alpha value is -1.16. The zero-order chi connectivity index (χ0) is 19.4. The number of hydrogen-bond acceptors (Lipinski definition) is 6. The fourth-order valence-electron chi connectivity index (χ4n) is 3.11. The third-order valence-corrected chi connectivity index (χ3v) is 5.64. The average molecular weight is 373 g/mol. The molecule has 0 atom stereocenters. The molecule has 1 fully saturated rings. The summed E-state index contributed by atoms with van der Waals surface area (Å²) in [7, 11) is -5.90. The van der Waals surface area contributed by atoms with Crippen molar-refractivity contribution in [2.75, 3.05) is 0 Å². The first-order valence-electron chi connectivity index (χ1n) is 8.04. The average Bonchev–Trinajstić information content (AvgIpc) is 2.62. The fourth-order valence-corrected chi connectivity index (χ4v) is 3.56. The molecule has 2 N–H and O–H groups in total. The fraction of sp³-hybridized carbons (Fsp3) is 0.625. The summed E-state index contributed by atoms with van der Waals surface area (Å²) in [5.74, 6) is -0.0711. The van der Waals surface area contributed by atoms with Crippen LogP contribution in [0.2, 0.25) is 0 Å². The van der Waals surface area contributed by atoms with Gasteiger partial charge < -0.3 is 19.2 Å². The van der Waals surface area contributed by atoms with Gasteiger partial charge in [-0.3, -0.25) is 0 Å². The summed E-state index contributed by atoms with van der Waals surface area (Å²) < 4.78 is 52.0. The minimum Gasteiger partial charge on any atom is -0.399 e. The number of nitrogens with two attached hydrogens (primary N) is 1. The molecule has 1 aliphatic rings. The molecule has 0 amide bonds. The molecule has 0 spiro atoms. The second-order valence-electron chi connectivity index (χ2n) is 7.37. The normalized spacial score (nSPS) is 19.3. The van der Waals surface area contributed by atoms with E-state index < -0.39 is 28.8 Å². The van der Waals surface area contributed by atoms with E-state index in [1.165, 1.54) is 0 Å². The van der Waals surface area contributed by atoms with Gasteiger partial charge in [-0.1, -0.05) is 3.89 Å². The van der Waals surface area contributed by atoms with Crippen LogP contribution >= 0.6 is 0 Å². The Morgan fingerprint density at radius 3 is 1.92 bits per heavy atom. The van der Waals surface area contributed by atoms with Crippen LogP contribution in [0.5, 0.6) is 5.75 Å². The summed E-state index contributed by atoms with van der Waals surface area (Å²) in [4.78, 5) is 0. The van der Waals surface area contributed by atoms with Crippen molar-refractivity contribution in [1.82, 2.24) is 0 Å². The van der Waals surface area contributed by atoms with Crippen LogP contribution in [0.25, 0.3) is 0 Å². The molecule has 1 heterocycles. The molecule has 2 rings (SSSR count). The standard InChI is InChI=1S/C16H25BFNO5S/c1-9-12(8-19)10(2)14(22-25(18,20)21)11(3)13(9)17-23-15(4,5)16(6,7)24-17/h8,19H2,1-7H3. The van der Waals surface area contributed by atoms with Gasteiger partial charge in [0.2, 0.25) is 0 Å². The molecule has 0 aliphatic carbocycles. The van der Waals surface area contributed by atoms with Gasteiger partial charge in [0.05, 0.1) is 11.2 Å². The monoisotopic (exact) mass is 373 g/mol. The summed E-state index contributed by atoms with van der Waals surface area (Å²) in [5.41, 5.74) is 7.73. The van der Waals surface area contributed by atoms with Crippen molar-refractivity contribution in [2.24, 2.45) is 5.73 Å². The Morgan fingerprint density at radius 1 is 1.04 bits per heavy atom. The number of hydrogen-bond donors (Lipinski definition) is 1. The van der Waals surface area contributed by atoms with E-state index in [1.54, 1.807) is 13.8 Å². The Kier molecular flexibility index (Phi) is 5.02. The van der Waals surface area contributed by atoms with Crippen LogP contribution < -0.4 is 15.4 Å². The van der Waals surface area contributed by atoms with Crippen LogP contribution in [0.1, 0.15) is 49.9 Å². The van der Waals surface area contributed by atoms with E-state index >= 15 is 0 Å². The van der Waals surface area contributed by atoms with Crippen molar-refractivity contribution in [3.05, 3.63) is 22.3 Å². The van der Waals surface area contributed by atoms with E-state index in [0.717, 1.165) is 5.56 Å². The molecule has 1 aromatic rings.